The summed E-state index contributed by atoms with van der Waals surface area (Å²) < 4.78 is 18.9. The van der Waals surface area contributed by atoms with Crippen molar-refractivity contribution in [1.29, 1.82) is 0 Å². The second kappa shape index (κ2) is 8.72. The number of likely N-dealkylation sites (tertiary alicyclic amines) is 1. The molecule has 3 rings (SSSR count). The molecular formula is C21H26ClFN2O2. The Morgan fingerprint density at radius 1 is 1.22 bits per heavy atom. The van der Waals surface area contributed by atoms with Crippen LogP contribution in [0.2, 0.25) is 0 Å². The Morgan fingerprint density at radius 2 is 1.89 bits per heavy atom. The van der Waals surface area contributed by atoms with Crippen molar-refractivity contribution < 1.29 is 13.9 Å². The minimum absolute atomic E-state index is 0. The minimum Gasteiger partial charge on any atom is -0.488 e. The zero-order valence-electron chi connectivity index (χ0n) is 15.7. The van der Waals surface area contributed by atoms with E-state index in [1.165, 1.54) is 12.1 Å². The Bertz CT molecular complexity index is 780. The number of para-hydroxylation sites is 1. The molecule has 2 aromatic carbocycles. The summed E-state index contributed by atoms with van der Waals surface area (Å²) in [4.78, 5) is 14.9. The topological polar surface area (TPSA) is 55.6 Å². The maximum Gasteiger partial charge on any atom is 0.257 e. The van der Waals surface area contributed by atoms with Gasteiger partial charge < -0.3 is 15.4 Å². The molecule has 146 valence electrons. The predicted molar refractivity (Wildman–Crippen MR) is 107 cm³/mol. The van der Waals surface area contributed by atoms with Crippen LogP contribution in [0.4, 0.5) is 4.39 Å². The number of benzene rings is 2. The van der Waals surface area contributed by atoms with Crippen molar-refractivity contribution in [2.75, 3.05) is 13.1 Å². The van der Waals surface area contributed by atoms with Crippen molar-refractivity contribution in [3.05, 3.63) is 65.5 Å². The van der Waals surface area contributed by atoms with Crippen LogP contribution in [0, 0.1) is 11.2 Å². The van der Waals surface area contributed by atoms with Gasteiger partial charge in [-0.15, -0.1) is 12.4 Å². The van der Waals surface area contributed by atoms with E-state index < -0.39 is 0 Å². The largest absolute Gasteiger partial charge is 0.488 e. The summed E-state index contributed by atoms with van der Waals surface area (Å²) >= 11 is 0. The van der Waals surface area contributed by atoms with Crippen LogP contribution in [-0.4, -0.2) is 29.9 Å². The highest BCUT2D eigenvalue weighted by atomic mass is 35.5. The van der Waals surface area contributed by atoms with Crippen LogP contribution < -0.4 is 10.5 Å². The summed E-state index contributed by atoms with van der Waals surface area (Å²) in [7, 11) is 0. The molecule has 2 aromatic rings. The number of hydrogen-bond acceptors (Lipinski definition) is 3. The van der Waals surface area contributed by atoms with Gasteiger partial charge >= 0.3 is 0 Å². The number of carbonyl (C=O) groups excluding carboxylic acids is 1. The maximum absolute atomic E-state index is 13.0. The fourth-order valence-electron chi connectivity index (χ4n) is 3.23. The smallest absolute Gasteiger partial charge is 0.257 e. The Hall–Kier alpha value is -2.11. The second-order valence-corrected chi connectivity index (χ2v) is 7.52. The van der Waals surface area contributed by atoms with Gasteiger partial charge in [-0.25, -0.2) is 4.39 Å². The number of nitrogens with zero attached hydrogens (tertiary/aromatic N) is 1. The second-order valence-electron chi connectivity index (χ2n) is 7.52. The molecule has 6 heteroatoms. The lowest BCUT2D eigenvalue weighted by Crippen LogP contribution is -2.54. The van der Waals surface area contributed by atoms with E-state index in [9.17, 15) is 9.18 Å². The molecule has 1 atom stereocenters. The number of rotatable bonds is 4. The average Bonchev–Trinajstić information content (AvgIpc) is 2.63. The highest BCUT2D eigenvalue weighted by molar-refractivity contribution is 5.97. The quantitative estimate of drug-likeness (QED) is 0.854. The molecule has 1 saturated heterocycles. The number of carbonyl (C=O) groups is 1. The van der Waals surface area contributed by atoms with Crippen LogP contribution in [0.3, 0.4) is 0 Å². The molecular weight excluding hydrogens is 367 g/mol. The first-order valence-corrected chi connectivity index (χ1v) is 8.88. The molecule has 1 aliphatic heterocycles. The molecule has 1 unspecified atom stereocenters. The summed E-state index contributed by atoms with van der Waals surface area (Å²) in [5.74, 6) is 0.212. The van der Waals surface area contributed by atoms with Gasteiger partial charge in [0.2, 0.25) is 0 Å². The normalized spacial score (nSPS) is 18.5. The fourth-order valence-corrected chi connectivity index (χ4v) is 3.23. The van der Waals surface area contributed by atoms with Gasteiger partial charge in [0.05, 0.1) is 5.56 Å². The fraction of sp³-hybridized carbons (Fsp3) is 0.381. The van der Waals surface area contributed by atoms with Crippen LogP contribution in [-0.2, 0) is 6.61 Å². The SMILES string of the molecule is CC1(C)CN(C(=O)c2ccccc2OCc2ccc(F)cc2)CCC1N.Cl. The number of ether oxygens (including phenoxy) is 1. The predicted octanol–water partition coefficient (Wildman–Crippen LogP) is 4.03. The molecule has 27 heavy (non-hydrogen) atoms. The van der Waals surface area contributed by atoms with Crippen molar-refractivity contribution in [3.8, 4) is 5.75 Å². The first kappa shape index (κ1) is 21.2. The summed E-state index contributed by atoms with van der Waals surface area (Å²) in [6.45, 7) is 5.73. The van der Waals surface area contributed by atoms with Crippen molar-refractivity contribution in [1.82, 2.24) is 4.90 Å². The average molecular weight is 393 g/mol. The van der Waals surface area contributed by atoms with Crippen LogP contribution in [0.25, 0.3) is 0 Å². The van der Waals surface area contributed by atoms with Gasteiger partial charge in [-0.2, -0.15) is 0 Å². The molecule has 0 saturated carbocycles. The van der Waals surface area contributed by atoms with Crippen molar-refractivity contribution in [3.63, 3.8) is 0 Å². The molecule has 0 spiro atoms. The third kappa shape index (κ3) is 4.99. The summed E-state index contributed by atoms with van der Waals surface area (Å²) in [5.41, 5.74) is 7.45. The Balaban J connectivity index is 0.00000261. The van der Waals surface area contributed by atoms with Crippen molar-refractivity contribution in [2.24, 2.45) is 11.1 Å². The first-order valence-electron chi connectivity index (χ1n) is 8.88. The molecule has 0 aliphatic carbocycles. The highest BCUT2D eigenvalue weighted by Gasteiger charge is 2.36. The lowest BCUT2D eigenvalue weighted by atomic mass is 9.79. The van der Waals surface area contributed by atoms with E-state index >= 15 is 0 Å². The van der Waals surface area contributed by atoms with Gasteiger partial charge in [0, 0.05) is 19.1 Å². The van der Waals surface area contributed by atoms with Gasteiger partial charge in [-0.3, -0.25) is 4.79 Å². The third-order valence-corrected chi connectivity index (χ3v) is 5.02. The Kier molecular flexibility index (Phi) is 6.84. The number of amides is 1. The lowest BCUT2D eigenvalue weighted by molar-refractivity contribution is 0.0528. The summed E-state index contributed by atoms with van der Waals surface area (Å²) in [5, 5.41) is 0. The highest BCUT2D eigenvalue weighted by Crippen LogP contribution is 2.30. The van der Waals surface area contributed by atoms with Gasteiger partial charge in [0.25, 0.3) is 5.91 Å². The van der Waals surface area contributed by atoms with Crippen molar-refractivity contribution >= 4 is 18.3 Å². The van der Waals surface area contributed by atoms with E-state index in [1.54, 1.807) is 24.3 Å². The molecule has 0 radical (unpaired) electrons. The number of halogens is 2. The molecule has 4 nitrogen and oxygen atoms in total. The van der Waals surface area contributed by atoms with E-state index in [-0.39, 0.29) is 42.2 Å². The first-order chi connectivity index (χ1) is 12.4. The third-order valence-electron chi connectivity index (χ3n) is 5.02. The number of nitrogens with two attached hydrogens (primary N) is 1. The summed E-state index contributed by atoms with van der Waals surface area (Å²) in [6, 6.07) is 13.5. The maximum atomic E-state index is 13.0. The Morgan fingerprint density at radius 3 is 2.56 bits per heavy atom. The standard InChI is InChI=1S/C21H25FN2O2.ClH/c1-21(2)14-24(12-11-19(21)23)20(25)17-5-3-4-6-18(17)26-13-15-7-9-16(22)10-8-15;/h3-10,19H,11-14,23H2,1-2H3;1H. The molecule has 0 bridgehead atoms. The number of hydrogen-bond donors (Lipinski definition) is 1. The van der Waals surface area contributed by atoms with E-state index in [0.29, 0.717) is 24.4 Å². The molecule has 0 aromatic heterocycles. The minimum atomic E-state index is -0.282. The Labute approximate surface area is 165 Å². The van der Waals surface area contributed by atoms with Gasteiger partial charge in [-0.05, 0) is 41.7 Å². The zero-order valence-corrected chi connectivity index (χ0v) is 16.5. The zero-order chi connectivity index (χ0) is 18.7. The molecule has 1 amide bonds. The van der Waals surface area contributed by atoms with E-state index in [2.05, 4.69) is 13.8 Å². The van der Waals surface area contributed by atoms with Gasteiger partial charge in [0.15, 0.2) is 0 Å². The van der Waals surface area contributed by atoms with Crippen LogP contribution in [0.5, 0.6) is 5.75 Å². The van der Waals surface area contributed by atoms with E-state index in [4.69, 9.17) is 10.5 Å². The molecule has 1 heterocycles. The van der Waals surface area contributed by atoms with Crippen LogP contribution >= 0.6 is 12.4 Å². The monoisotopic (exact) mass is 392 g/mol. The summed E-state index contributed by atoms with van der Waals surface area (Å²) in [6.07, 6.45) is 0.789. The lowest BCUT2D eigenvalue weighted by Gasteiger charge is -2.42. The van der Waals surface area contributed by atoms with Crippen LogP contribution in [0.15, 0.2) is 48.5 Å². The van der Waals surface area contributed by atoms with E-state index in [1.807, 2.05) is 17.0 Å². The molecule has 1 fully saturated rings. The molecule has 2 N–H and O–H groups in total. The van der Waals surface area contributed by atoms with Crippen molar-refractivity contribution in [2.45, 2.75) is 32.9 Å². The van der Waals surface area contributed by atoms with Gasteiger partial charge in [0.1, 0.15) is 18.2 Å². The van der Waals surface area contributed by atoms with E-state index in [0.717, 1.165) is 12.0 Å². The van der Waals surface area contributed by atoms with Gasteiger partial charge in [-0.1, -0.05) is 38.1 Å². The van der Waals surface area contributed by atoms with Crippen LogP contribution in [0.1, 0.15) is 36.2 Å². The number of piperidine rings is 1. The molecule has 1 aliphatic rings.